The predicted molar refractivity (Wildman–Crippen MR) is 105 cm³/mol. The molecule has 1 amide bonds. The Labute approximate surface area is 164 Å². The van der Waals surface area contributed by atoms with E-state index in [-0.39, 0.29) is 24.7 Å². The molecule has 1 aromatic heterocycles. The number of imidazole rings is 1. The number of aliphatic hydroxyl groups is 1. The summed E-state index contributed by atoms with van der Waals surface area (Å²) in [6.45, 7) is 1.99. The van der Waals surface area contributed by atoms with E-state index in [2.05, 4.69) is 17.2 Å². The summed E-state index contributed by atoms with van der Waals surface area (Å²) in [4.78, 5) is 27.9. The first kappa shape index (κ1) is 22.7. The standard InChI is InChI=1S/C19H25N3O4.ClH/c1-2-3-4-5-9-17(19(25)26)22-11-16(20-13-22)18(24)21-15-8-6-7-14(10-15)12-23;/h6-8,10-11,13,17,23H,2-5,9,12H2,1H3,(H,21,24)(H,25,26);1H. The number of aliphatic carboxylic acids is 1. The van der Waals surface area contributed by atoms with Gasteiger partial charge in [0.25, 0.3) is 5.91 Å². The Morgan fingerprint density at radius 1 is 1.26 bits per heavy atom. The van der Waals surface area contributed by atoms with Crippen molar-refractivity contribution in [2.75, 3.05) is 5.32 Å². The van der Waals surface area contributed by atoms with Gasteiger partial charge in [0, 0.05) is 11.9 Å². The lowest BCUT2D eigenvalue weighted by Gasteiger charge is -2.13. The lowest BCUT2D eigenvalue weighted by molar-refractivity contribution is -0.141. The number of nitrogens with zero attached hydrogens (tertiary/aromatic N) is 2. The molecule has 1 atom stereocenters. The maximum atomic E-state index is 12.3. The number of carboxylic acids is 1. The molecule has 2 rings (SSSR count). The van der Waals surface area contributed by atoms with E-state index in [1.54, 1.807) is 24.3 Å². The molecule has 27 heavy (non-hydrogen) atoms. The smallest absolute Gasteiger partial charge is 0.326 e. The monoisotopic (exact) mass is 395 g/mol. The third-order valence-corrected chi connectivity index (χ3v) is 4.18. The lowest BCUT2D eigenvalue weighted by atomic mass is 10.1. The molecule has 0 aliphatic carbocycles. The molecular weight excluding hydrogens is 370 g/mol. The van der Waals surface area contributed by atoms with Crippen LogP contribution in [-0.2, 0) is 11.4 Å². The summed E-state index contributed by atoms with van der Waals surface area (Å²) < 4.78 is 1.48. The third-order valence-electron chi connectivity index (χ3n) is 4.18. The minimum atomic E-state index is -0.929. The highest BCUT2D eigenvalue weighted by atomic mass is 35.5. The molecule has 148 valence electrons. The molecule has 7 nitrogen and oxygen atoms in total. The maximum Gasteiger partial charge on any atom is 0.326 e. The number of carbonyl (C=O) groups is 2. The van der Waals surface area contributed by atoms with E-state index in [1.807, 2.05) is 0 Å². The number of hydrogen-bond acceptors (Lipinski definition) is 4. The van der Waals surface area contributed by atoms with E-state index in [1.165, 1.54) is 17.1 Å². The first-order valence-corrected chi connectivity index (χ1v) is 8.82. The van der Waals surface area contributed by atoms with Crippen molar-refractivity contribution < 1.29 is 19.8 Å². The lowest BCUT2D eigenvalue weighted by Crippen LogP contribution is -2.18. The number of unbranched alkanes of at least 4 members (excludes halogenated alkanes) is 3. The second kappa shape index (κ2) is 11.4. The molecule has 0 bridgehead atoms. The summed E-state index contributed by atoms with van der Waals surface area (Å²) in [7, 11) is 0. The highest BCUT2D eigenvalue weighted by molar-refractivity contribution is 6.02. The quantitative estimate of drug-likeness (QED) is 0.532. The fourth-order valence-corrected chi connectivity index (χ4v) is 2.73. The summed E-state index contributed by atoms with van der Waals surface area (Å²) in [6.07, 6.45) is 7.33. The zero-order valence-corrected chi connectivity index (χ0v) is 16.1. The minimum Gasteiger partial charge on any atom is -0.480 e. The maximum absolute atomic E-state index is 12.3. The van der Waals surface area contributed by atoms with Crippen LogP contribution in [0, 0.1) is 0 Å². The molecule has 0 aliphatic rings. The first-order valence-electron chi connectivity index (χ1n) is 8.82. The van der Waals surface area contributed by atoms with Gasteiger partial charge in [0.15, 0.2) is 0 Å². The van der Waals surface area contributed by atoms with Crippen LogP contribution in [0.25, 0.3) is 0 Å². The van der Waals surface area contributed by atoms with E-state index in [0.29, 0.717) is 17.7 Å². The molecule has 8 heteroatoms. The van der Waals surface area contributed by atoms with Crippen molar-refractivity contribution in [2.45, 2.75) is 51.7 Å². The van der Waals surface area contributed by atoms with Crippen LogP contribution < -0.4 is 5.32 Å². The number of halogens is 1. The first-order chi connectivity index (χ1) is 12.5. The van der Waals surface area contributed by atoms with Crippen molar-refractivity contribution in [1.82, 2.24) is 9.55 Å². The van der Waals surface area contributed by atoms with Gasteiger partial charge in [-0.15, -0.1) is 12.4 Å². The molecule has 0 fully saturated rings. The largest absolute Gasteiger partial charge is 0.480 e. The van der Waals surface area contributed by atoms with Crippen LogP contribution in [0.5, 0.6) is 0 Å². The SMILES string of the molecule is CCCCCCC(C(=O)O)n1cnc(C(=O)Nc2cccc(CO)c2)c1.Cl. The Balaban J connectivity index is 0.00000364. The van der Waals surface area contributed by atoms with Crippen LogP contribution in [0.4, 0.5) is 5.69 Å². The van der Waals surface area contributed by atoms with E-state index in [9.17, 15) is 14.7 Å². The van der Waals surface area contributed by atoms with Crippen molar-refractivity contribution in [1.29, 1.82) is 0 Å². The van der Waals surface area contributed by atoms with Gasteiger partial charge in [-0.2, -0.15) is 0 Å². The number of aliphatic hydroxyl groups excluding tert-OH is 1. The van der Waals surface area contributed by atoms with E-state index in [4.69, 9.17) is 5.11 Å². The Morgan fingerprint density at radius 2 is 2.04 bits per heavy atom. The molecule has 1 unspecified atom stereocenters. The number of nitrogens with one attached hydrogen (secondary N) is 1. The number of amides is 1. The number of rotatable bonds is 10. The van der Waals surface area contributed by atoms with Gasteiger partial charge in [0.2, 0.25) is 0 Å². The zero-order chi connectivity index (χ0) is 18.9. The van der Waals surface area contributed by atoms with Gasteiger partial charge in [0.1, 0.15) is 11.7 Å². The third kappa shape index (κ3) is 6.69. The normalized spacial score (nSPS) is 11.5. The van der Waals surface area contributed by atoms with Crippen LogP contribution in [0.1, 0.15) is 61.1 Å². The molecule has 0 aliphatic heterocycles. The van der Waals surface area contributed by atoms with E-state index < -0.39 is 17.9 Å². The fraction of sp³-hybridized carbons (Fsp3) is 0.421. The summed E-state index contributed by atoms with van der Waals surface area (Å²) in [5.74, 6) is -1.35. The molecule has 0 radical (unpaired) electrons. The summed E-state index contributed by atoms with van der Waals surface area (Å²) in [6, 6.07) is 6.14. The molecular formula is C19H26ClN3O4. The molecule has 3 N–H and O–H groups in total. The summed E-state index contributed by atoms with van der Waals surface area (Å²) >= 11 is 0. The second-order valence-electron chi connectivity index (χ2n) is 6.22. The van der Waals surface area contributed by atoms with Gasteiger partial charge in [-0.3, -0.25) is 4.79 Å². The van der Waals surface area contributed by atoms with Crippen molar-refractivity contribution in [2.24, 2.45) is 0 Å². The second-order valence-corrected chi connectivity index (χ2v) is 6.22. The molecule has 0 saturated heterocycles. The molecule has 0 spiro atoms. The minimum absolute atomic E-state index is 0. The molecule has 1 heterocycles. The molecule has 0 saturated carbocycles. The number of anilines is 1. The van der Waals surface area contributed by atoms with Gasteiger partial charge in [0.05, 0.1) is 12.9 Å². The van der Waals surface area contributed by atoms with Gasteiger partial charge in [-0.05, 0) is 24.1 Å². The number of hydrogen-bond donors (Lipinski definition) is 3. The Morgan fingerprint density at radius 3 is 2.70 bits per heavy atom. The van der Waals surface area contributed by atoms with Crippen LogP contribution in [0.3, 0.4) is 0 Å². The Hall–Kier alpha value is -2.38. The Kier molecular flexibility index (Phi) is 9.53. The van der Waals surface area contributed by atoms with E-state index >= 15 is 0 Å². The highest BCUT2D eigenvalue weighted by Gasteiger charge is 2.21. The summed E-state index contributed by atoms with van der Waals surface area (Å²) in [5.41, 5.74) is 1.39. The number of carboxylic acid groups (broad SMARTS) is 1. The Bertz CT molecular complexity index is 748. The zero-order valence-electron chi connectivity index (χ0n) is 15.3. The van der Waals surface area contributed by atoms with E-state index in [0.717, 1.165) is 25.7 Å². The van der Waals surface area contributed by atoms with Gasteiger partial charge in [-0.1, -0.05) is 44.7 Å². The number of benzene rings is 1. The van der Waals surface area contributed by atoms with Crippen LogP contribution >= 0.6 is 12.4 Å². The van der Waals surface area contributed by atoms with Crippen molar-refractivity contribution >= 4 is 30.0 Å². The van der Waals surface area contributed by atoms with Crippen molar-refractivity contribution in [3.05, 3.63) is 48.0 Å². The van der Waals surface area contributed by atoms with Crippen molar-refractivity contribution in [3.63, 3.8) is 0 Å². The van der Waals surface area contributed by atoms with Crippen molar-refractivity contribution in [3.8, 4) is 0 Å². The van der Waals surface area contributed by atoms with Gasteiger partial charge >= 0.3 is 5.97 Å². The van der Waals surface area contributed by atoms with Gasteiger partial charge < -0.3 is 20.1 Å². The average Bonchev–Trinajstić information content (AvgIpc) is 3.11. The number of aromatic nitrogens is 2. The van der Waals surface area contributed by atoms with Crippen LogP contribution in [0.2, 0.25) is 0 Å². The van der Waals surface area contributed by atoms with Crippen LogP contribution in [0.15, 0.2) is 36.8 Å². The average molecular weight is 396 g/mol. The van der Waals surface area contributed by atoms with Crippen LogP contribution in [-0.4, -0.2) is 31.6 Å². The molecule has 2 aromatic rings. The van der Waals surface area contributed by atoms with Gasteiger partial charge in [-0.25, -0.2) is 9.78 Å². The number of carbonyl (C=O) groups excluding carboxylic acids is 1. The fourth-order valence-electron chi connectivity index (χ4n) is 2.73. The highest BCUT2D eigenvalue weighted by Crippen LogP contribution is 2.18. The molecule has 1 aromatic carbocycles. The topological polar surface area (TPSA) is 104 Å². The summed E-state index contributed by atoms with van der Waals surface area (Å²) in [5, 5.41) is 21.3. The predicted octanol–water partition coefficient (Wildman–Crippen LogP) is 3.65.